The summed E-state index contributed by atoms with van der Waals surface area (Å²) in [5.74, 6) is 0.897. The molecule has 0 aromatic heterocycles. The van der Waals surface area contributed by atoms with E-state index in [9.17, 15) is 0 Å². The summed E-state index contributed by atoms with van der Waals surface area (Å²) in [6, 6.07) is 1.63. The third-order valence-corrected chi connectivity index (χ3v) is 4.27. The lowest BCUT2D eigenvalue weighted by atomic mass is 9.97. The van der Waals surface area contributed by atoms with Gasteiger partial charge in [0.25, 0.3) is 0 Å². The summed E-state index contributed by atoms with van der Waals surface area (Å²) in [7, 11) is 0. The van der Waals surface area contributed by atoms with Crippen molar-refractivity contribution in [2.45, 2.75) is 44.2 Å². The van der Waals surface area contributed by atoms with Gasteiger partial charge in [0.05, 0.1) is 0 Å². The molecule has 0 aromatic rings. The first kappa shape index (κ1) is 9.86. The van der Waals surface area contributed by atoms with Gasteiger partial charge in [0.15, 0.2) is 0 Å². The van der Waals surface area contributed by atoms with E-state index in [1.54, 1.807) is 0 Å². The van der Waals surface area contributed by atoms with Gasteiger partial charge in [-0.2, -0.15) is 0 Å². The normalized spacial score (nSPS) is 37.3. The molecule has 2 heteroatoms. The molecule has 2 unspecified atom stereocenters. The second kappa shape index (κ2) is 4.26. The zero-order chi connectivity index (χ0) is 10.1. The van der Waals surface area contributed by atoms with Crippen LogP contribution >= 0.6 is 0 Å². The van der Waals surface area contributed by atoms with Crippen LogP contribution in [0.25, 0.3) is 0 Å². The summed E-state index contributed by atoms with van der Waals surface area (Å²) >= 11 is 0. The van der Waals surface area contributed by atoms with Gasteiger partial charge >= 0.3 is 0 Å². The highest BCUT2D eigenvalue weighted by atomic mass is 16.5. The Kier molecular flexibility index (Phi) is 2.80. The standard InChI is InChI=1S/C13H21NO/c1-2-12-4-5-13(3-1)14(12)10-11-6-8-15-9-7-11/h1-2,11-13H,3-10H2. The van der Waals surface area contributed by atoms with E-state index in [0.717, 1.165) is 31.2 Å². The van der Waals surface area contributed by atoms with Crippen molar-refractivity contribution in [1.29, 1.82) is 0 Å². The van der Waals surface area contributed by atoms with Gasteiger partial charge in [0, 0.05) is 31.8 Å². The van der Waals surface area contributed by atoms with Crippen molar-refractivity contribution < 1.29 is 4.74 Å². The first-order valence-electron chi connectivity index (χ1n) is 6.43. The second-order valence-electron chi connectivity index (χ2n) is 5.21. The molecule has 3 heterocycles. The first-order valence-corrected chi connectivity index (χ1v) is 6.43. The van der Waals surface area contributed by atoms with Crippen LogP contribution in [0.4, 0.5) is 0 Å². The van der Waals surface area contributed by atoms with E-state index >= 15 is 0 Å². The monoisotopic (exact) mass is 207 g/mol. The van der Waals surface area contributed by atoms with Crippen LogP contribution in [-0.2, 0) is 4.74 Å². The van der Waals surface area contributed by atoms with Crippen molar-refractivity contribution in [2.75, 3.05) is 19.8 Å². The van der Waals surface area contributed by atoms with Gasteiger partial charge in [-0.1, -0.05) is 12.2 Å². The van der Waals surface area contributed by atoms with Crippen molar-refractivity contribution in [3.05, 3.63) is 12.2 Å². The van der Waals surface area contributed by atoms with Crippen molar-refractivity contribution in [3.8, 4) is 0 Å². The minimum Gasteiger partial charge on any atom is -0.381 e. The Balaban J connectivity index is 1.60. The summed E-state index contributed by atoms with van der Waals surface area (Å²) in [5, 5.41) is 0. The Labute approximate surface area is 92.3 Å². The summed E-state index contributed by atoms with van der Waals surface area (Å²) in [6.07, 6.45) is 11.5. The van der Waals surface area contributed by atoms with Crippen LogP contribution in [0.3, 0.4) is 0 Å². The quantitative estimate of drug-likeness (QED) is 0.644. The number of fused-ring (bicyclic) bond motifs is 2. The van der Waals surface area contributed by atoms with E-state index in [4.69, 9.17) is 4.74 Å². The average Bonchev–Trinajstić information content (AvgIpc) is 2.53. The molecule has 3 aliphatic rings. The van der Waals surface area contributed by atoms with Crippen LogP contribution in [0.15, 0.2) is 12.2 Å². The summed E-state index contributed by atoms with van der Waals surface area (Å²) < 4.78 is 5.43. The third-order valence-electron chi connectivity index (χ3n) is 4.27. The van der Waals surface area contributed by atoms with E-state index in [1.807, 2.05) is 0 Å². The van der Waals surface area contributed by atoms with Crippen LogP contribution in [0.2, 0.25) is 0 Å². The molecule has 2 saturated heterocycles. The number of rotatable bonds is 2. The lowest BCUT2D eigenvalue weighted by molar-refractivity contribution is 0.0461. The SMILES string of the molecule is C1=CC2CCC(C1)N2CC1CCOCC1. The maximum Gasteiger partial charge on any atom is 0.0469 e. The fourth-order valence-corrected chi connectivity index (χ4v) is 3.33. The van der Waals surface area contributed by atoms with Gasteiger partial charge in [0.1, 0.15) is 0 Å². The number of hydrogen-bond donors (Lipinski definition) is 0. The summed E-state index contributed by atoms with van der Waals surface area (Å²) in [5.41, 5.74) is 0. The molecule has 2 fully saturated rings. The average molecular weight is 207 g/mol. The third kappa shape index (κ3) is 1.98. The molecule has 2 bridgehead atoms. The number of ether oxygens (including phenoxy) is 1. The molecular weight excluding hydrogens is 186 g/mol. The Morgan fingerprint density at radius 3 is 2.80 bits per heavy atom. The Bertz CT molecular complexity index is 245. The van der Waals surface area contributed by atoms with Gasteiger partial charge in [-0.25, -0.2) is 0 Å². The molecule has 84 valence electrons. The molecular formula is C13H21NO. The van der Waals surface area contributed by atoms with Crippen molar-refractivity contribution in [3.63, 3.8) is 0 Å². The second-order valence-corrected chi connectivity index (χ2v) is 5.21. The molecule has 3 rings (SSSR count). The molecule has 2 atom stereocenters. The van der Waals surface area contributed by atoms with Crippen LogP contribution in [0.1, 0.15) is 32.1 Å². The van der Waals surface area contributed by atoms with E-state index in [0.29, 0.717) is 0 Å². The van der Waals surface area contributed by atoms with E-state index in [-0.39, 0.29) is 0 Å². The smallest absolute Gasteiger partial charge is 0.0469 e. The molecule has 0 aliphatic carbocycles. The van der Waals surface area contributed by atoms with Gasteiger partial charge in [0.2, 0.25) is 0 Å². The van der Waals surface area contributed by atoms with Crippen molar-refractivity contribution in [2.24, 2.45) is 5.92 Å². The van der Waals surface area contributed by atoms with Gasteiger partial charge < -0.3 is 4.74 Å². The minimum absolute atomic E-state index is 0.770. The molecule has 0 saturated carbocycles. The fourth-order valence-electron chi connectivity index (χ4n) is 3.33. The highest BCUT2D eigenvalue weighted by Gasteiger charge is 2.34. The number of nitrogens with zero attached hydrogens (tertiary/aromatic N) is 1. The largest absolute Gasteiger partial charge is 0.381 e. The summed E-state index contributed by atoms with van der Waals surface area (Å²) in [6.45, 7) is 3.30. The van der Waals surface area contributed by atoms with Crippen LogP contribution in [-0.4, -0.2) is 36.7 Å². The van der Waals surface area contributed by atoms with Crippen LogP contribution < -0.4 is 0 Å². The Morgan fingerprint density at radius 2 is 2.00 bits per heavy atom. The first-order chi connectivity index (χ1) is 7.43. The van der Waals surface area contributed by atoms with E-state index < -0.39 is 0 Å². The van der Waals surface area contributed by atoms with Gasteiger partial charge in [-0.05, 0) is 38.0 Å². The number of hydrogen-bond acceptors (Lipinski definition) is 2. The molecule has 3 aliphatic heterocycles. The molecule has 0 aromatic carbocycles. The molecule has 0 N–H and O–H groups in total. The van der Waals surface area contributed by atoms with Gasteiger partial charge in [-0.3, -0.25) is 4.90 Å². The zero-order valence-electron chi connectivity index (χ0n) is 9.40. The molecule has 0 spiro atoms. The van der Waals surface area contributed by atoms with Crippen molar-refractivity contribution >= 4 is 0 Å². The lowest BCUT2D eigenvalue weighted by Crippen LogP contribution is -2.41. The fraction of sp³-hybridized carbons (Fsp3) is 0.846. The van der Waals surface area contributed by atoms with Crippen molar-refractivity contribution in [1.82, 2.24) is 4.90 Å². The predicted molar refractivity (Wildman–Crippen MR) is 60.8 cm³/mol. The molecule has 0 amide bonds. The highest BCUT2D eigenvalue weighted by molar-refractivity contribution is 5.08. The maximum absolute atomic E-state index is 5.43. The van der Waals surface area contributed by atoms with Gasteiger partial charge in [-0.15, -0.1) is 0 Å². The molecule has 15 heavy (non-hydrogen) atoms. The van der Waals surface area contributed by atoms with E-state index in [1.165, 1.54) is 38.6 Å². The minimum atomic E-state index is 0.770. The zero-order valence-corrected chi connectivity index (χ0v) is 9.40. The van der Waals surface area contributed by atoms with Crippen LogP contribution in [0, 0.1) is 5.92 Å². The maximum atomic E-state index is 5.43. The topological polar surface area (TPSA) is 12.5 Å². The Hall–Kier alpha value is -0.340. The molecule has 0 radical (unpaired) electrons. The molecule has 2 nitrogen and oxygen atoms in total. The predicted octanol–water partition coefficient (Wildman–Crippen LogP) is 2.21. The van der Waals surface area contributed by atoms with Crippen LogP contribution in [0.5, 0.6) is 0 Å². The lowest BCUT2D eigenvalue weighted by Gasteiger charge is -2.35. The highest BCUT2D eigenvalue weighted by Crippen LogP contribution is 2.33. The van der Waals surface area contributed by atoms with E-state index in [2.05, 4.69) is 17.1 Å². The Morgan fingerprint density at radius 1 is 1.13 bits per heavy atom. The summed E-state index contributed by atoms with van der Waals surface area (Å²) in [4.78, 5) is 2.76.